The van der Waals surface area contributed by atoms with E-state index < -0.39 is 0 Å². The first-order valence-electron chi connectivity index (χ1n) is 7.28. The fraction of sp³-hybridized carbons (Fsp3) is 0.800. The Bertz CT molecular complexity index is 389. The molecule has 0 saturated heterocycles. The fourth-order valence-corrected chi connectivity index (χ4v) is 3.45. The zero-order chi connectivity index (χ0) is 13.9. The molecule has 0 radical (unpaired) electrons. The Labute approximate surface area is 120 Å². The third-order valence-corrected chi connectivity index (χ3v) is 5.29. The first-order valence-corrected chi connectivity index (χ1v) is 8.10. The van der Waals surface area contributed by atoms with Gasteiger partial charge in [0.05, 0.1) is 5.01 Å². The minimum Gasteiger partial charge on any atom is -0.396 e. The molecule has 1 heterocycles. The number of thiazole rings is 1. The summed E-state index contributed by atoms with van der Waals surface area (Å²) in [6.45, 7) is 7.91. The van der Waals surface area contributed by atoms with Crippen LogP contribution in [-0.4, -0.2) is 22.7 Å². The van der Waals surface area contributed by atoms with Gasteiger partial charge < -0.3 is 10.4 Å². The molecule has 2 N–H and O–H groups in total. The lowest BCUT2D eigenvalue weighted by Gasteiger charge is -2.27. The molecular weight excluding hydrogens is 256 g/mol. The van der Waals surface area contributed by atoms with E-state index in [0.717, 1.165) is 19.4 Å². The number of aliphatic hydroxyl groups is 1. The number of hydrogen-bond donors (Lipinski definition) is 2. The topological polar surface area (TPSA) is 45.2 Å². The summed E-state index contributed by atoms with van der Waals surface area (Å²) in [5.41, 5.74) is 0.155. The van der Waals surface area contributed by atoms with E-state index in [4.69, 9.17) is 5.11 Å². The molecule has 1 aliphatic rings. The first kappa shape index (κ1) is 14.9. The molecule has 2 rings (SSSR count). The lowest BCUT2D eigenvalue weighted by Crippen LogP contribution is -2.33. The standard InChI is InChI=1S/C15H26N2OS/c1-15(2,3)14-17-9-13(19-14)8-16-12-6-4-11(10-18)5-7-12/h9,11-12,16,18H,4-8,10H2,1-3H3. The van der Waals surface area contributed by atoms with Crippen molar-refractivity contribution >= 4 is 11.3 Å². The minimum absolute atomic E-state index is 0.155. The maximum Gasteiger partial charge on any atom is 0.0981 e. The molecule has 1 aromatic rings. The monoisotopic (exact) mass is 282 g/mol. The minimum atomic E-state index is 0.155. The molecule has 0 unspecified atom stereocenters. The van der Waals surface area contributed by atoms with Crippen LogP contribution >= 0.6 is 11.3 Å². The largest absolute Gasteiger partial charge is 0.396 e. The molecule has 19 heavy (non-hydrogen) atoms. The van der Waals surface area contributed by atoms with Crippen molar-refractivity contribution in [3.05, 3.63) is 16.1 Å². The highest BCUT2D eigenvalue weighted by Crippen LogP contribution is 2.27. The molecule has 0 bridgehead atoms. The van der Waals surface area contributed by atoms with Crippen LogP contribution in [0.3, 0.4) is 0 Å². The van der Waals surface area contributed by atoms with Gasteiger partial charge in [0.2, 0.25) is 0 Å². The van der Waals surface area contributed by atoms with Crippen molar-refractivity contribution in [3.8, 4) is 0 Å². The molecule has 0 atom stereocenters. The Kier molecular flexibility index (Phi) is 4.98. The lowest BCUT2D eigenvalue weighted by atomic mass is 9.86. The van der Waals surface area contributed by atoms with Crippen molar-refractivity contribution in [1.82, 2.24) is 10.3 Å². The second kappa shape index (κ2) is 6.33. The zero-order valence-electron chi connectivity index (χ0n) is 12.3. The van der Waals surface area contributed by atoms with Crippen molar-refractivity contribution in [1.29, 1.82) is 0 Å². The van der Waals surface area contributed by atoms with Crippen molar-refractivity contribution in [2.75, 3.05) is 6.61 Å². The molecule has 1 aliphatic carbocycles. The molecule has 1 fully saturated rings. The van der Waals surface area contributed by atoms with Crippen LogP contribution in [0.4, 0.5) is 0 Å². The summed E-state index contributed by atoms with van der Waals surface area (Å²) in [6.07, 6.45) is 6.71. The molecule has 1 saturated carbocycles. The van der Waals surface area contributed by atoms with Gasteiger partial charge in [-0.3, -0.25) is 0 Å². The van der Waals surface area contributed by atoms with Crippen LogP contribution in [0, 0.1) is 5.92 Å². The highest BCUT2D eigenvalue weighted by atomic mass is 32.1. The van der Waals surface area contributed by atoms with Crippen LogP contribution < -0.4 is 5.32 Å². The number of aromatic nitrogens is 1. The molecule has 0 spiro atoms. The second-order valence-corrected chi connectivity index (χ2v) is 7.78. The van der Waals surface area contributed by atoms with E-state index in [1.807, 2.05) is 17.5 Å². The molecule has 3 nitrogen and oxygen atoms in total. The van der Waals surface area contributed by atoms with E-state index in [0.29, 0.717) is 18.6 Å². The van der Waals surface area contributed by atoms with Crippen molar-refractivity contribution < 1.29 is 5.11 Å². The average Bonchev–Trinajstić information content (AvgIpc) is 2.86. The maximum absolute atomic E-state index is 9.14. The summed E-state index contributed by atoms with van der Waals surface area (Å²) in [6, 6.07) is 0.614. The third kappa shape index (κ3) is 4.26. The summed E-state index contributed by atoms with van der Waals surface area (Å²) in [5.74, 6) is 0.536. The number of nitrogens with one attached hydrogen (secondary N) is 1. The summed E-state index contributed by atoms with van der Waals surface area (Å²) in [4.78, 5) is 5.85. The highest BCUT2D eigenvalue weighted by Gasteiger charge is 2.21. The Morgan fingerprint density at radius 3 is 2.53 bits per heavy atom. The maximum atomic E-state index is 9.14. The molecular formula is C15H26N2OS. The van der Waals surface area contributed by atoms with Gasteiger partial charge in [-0.2, -0.15) is 0 Å². The third-order valence-electron chi connectivity index (χ3n) is 3.87. The quantitative estimate of drug-likeness (QED) is 0.892. The smallest absolute Gasteiger partial charge is 0.0981 e. The Morgan fingerprint density at radius 1 is 1.32 bits per heavy atom. The van der Waals surface area contributed by atoms with E-state index in [9.17, 15) is 0 Å². The van der Waals surface area contributed by atoms with Gasteiger partial charge >= 0.3 is 0 Å². The molecule has 0 aliphatic heterocycles. The van der Waals surface area contributed by atoms with Gasteiger partial charge in [0, 0.05) is 35.7 Å². The summed E-state index contributed by atoms with van der Waals surface area (Å²) >= 11 is 1.82. The van der Waals surface area contributed by atoms with E-state index >= 15 is 0 Å². The molecule has 1 aromatic heterocycles. The number of nitrogens with zero attached hydrogens (tertiary/aromatic N) is 1. The zero-order valence-corrected chi connectivity index (χ0v) is 13.1. The Morgan fingerprint density at radius 2 is 2.00 bits per heavy atom. The van der Waals surface area contributed by atoms with E-state index in [2.05, 4.69) is 31.1 Å². The van der Waals surface area contributed by atoms with Crippen molar-refractivity contribution in [2.24, 2.45) is 5.92 Å². The first-order chi connectivity index (χ1) is 8.99. The van der Waals surface area contributed by atoms with Gasteiger partial charge in [0.15, 0.2) is 0 Å². The van der Waals surface area contributed by atoms with Gasteiger partial charge in [-0.25, -0.2) is 4.98 Å². The van der Waals surface area contributed by atoms with Gasteiger partial charge in [-0.15, -0.1) is 11.3 Å². The predicted molar refractivity (Wildman–Crippen MR) is 80.5 cm³/mol. The molecule has 108 valence electrons. The van der Waals surface area contributed by atoms with Crippen molar-refractivity contribution in [3.63, 3.8) is 0 Å². The predicted octanol–water partition coefficient (Wildman–Crippen LogP) is 3.08. The van der Waals surface area contributed by atoms with E-state index in [-0.39, 0.29) is 5.41 Å². The second-order valence-electron chi connectivity index (χ2n) is 6.66. The SMILES string of the molecule is CC(C)(C)c1ncc(CNC2CCC(CO)CC2)s1. The normalized spacial score (nSPS) is 24.6. The van der Waals surface area contributed by atoms with Crippen LogP contribution in [0.1, 0.15) is 56.3 Å². The molecule has 0 amide bonds. The van der Waals surface area contributed by atoms with E-state index in [1.54, 1.807) is 0 Å². The van der Waals surface area contributed by atoms with Crippen molar-refractivity contribution in [2.45, 2.75) is 64.5 Å². The van der Waals surface area contributed by atoms with Gasteiger partial charge in [-0.1, -0.05) is 20.8 Å². The Balaban J connectivity index is 1.78. The highest BCUT2D eigenvalue weighted by molar-refractivity contribution is 7.11. The van der Waals surface area contributed by atoms with Crippen LogP contribution in [0.2, 0.25) is 0 Å². The summed E-state index contributed by atoms with van der Waals surface area (Å²) in [5, 5.41) is 14.0. The number of hydrogen-bond acceptors (Lipinski definition) is 4. The summed E-state index contributed by atoms with van der Waals surface area (Å²) in [7, 11) is 0. The number of rotatable bonds is 4. The van der Waals surface area contributed by atoms with Crippen LogP contribution in [0.25, 0.3) is 0 Å². The van der Waals surface area contributed by atoms with Crippen LogP contribution in [-0.2, 0) is 12.0 Å². The summed E-state index contributed by atoms with van der Waals surface area (Å²) < 4.78 is 0. The van der Waals surface area contributed by atoms with E-state index in [1.165, 1.54) is 22.7 Å². The van der Waals surface area contributed by atoms with Gasteiger partial charge in [-0.05, 0) is 31.6 Å². The van der Waals surface area contributed by atoms with Crippen LogP contribution in [0.15, 0.2) is 6.20 Å². The van der Waals surface area contributed by atoms with Gasteiger partial charge in [0.25, 0.3) is 0 Å². The molecule has 4 heteroatoms. The Hall–Kier alpha value is -0.450. The molecule has 0 aromatic carbocycles. The van der Waals surface area contributed by atoms with Crippen LogP contribution in [0.5, 0.6) is 0 Å². The van der Waals surface area contributed by atoms with Gasteiger partial charge in [0.1, 0.15) is 0 Å². The fourth-order valence-electron chi connectivity index (χ4n) is 2.53. The lowest BCUT2D eigenvalue weighted by molar-refractivity contribution is 0.175. The average molecular weight is 282 g/mol. The number of aliphatic hydroxyl groups excluding tert-OH is 1.